The molecule has 0 unspecified atom stereocenters. The Labute approximate surface area is 161 Å². The lowest BCUT2D eigenvalue weighted by Gasteiger charge is -2.06. The molecule has 0 radical (unpaired) electrons. The van der Waals surface area contributed by atoms with Crippen LogP contribution in [0.4, 0.5) is 0 Å². The first kappa shape index (κ1) is 16.7. The summed E-state index contributed by atoms with van der Waals surface area (Å²) in [5, 5.41) is 1.80. The van der Waals surface area contributed by atoms with Crippen molar-refractivity contribution in [3.05, 3.63) is 79.5 Å². The summed E-state index contributed by atoms with van der Waals surface area (Å²) in [5.41, 5.74) is 3.15. The van der Waals surface area contributed by atoms with Crippen LogP contribution in [0.3, 0.4) is 0 Å². The maximum Gasteiger partial charge on any atom is 0.268 e. The van der Waals surface area contributed by atoms with Gasteiger partial charge in [0.05, 0.1) is 16.6 Å². The molecule has 0 atom stereocenters. The van der Waals surface area contributed by atoms with E-state index >= 15 is 0 Å². The van der Waals surface area contributed by atoms with E-state index in [1.54, 1.807) is 55.1 Å². The smallest absolute Gasteiger partial charge is 0.268 e. The lowest BCUT2D eigenvalue weighted by molar-refractivity contribution is 0.589. The van der Waals surface area contributed by atoms with Crippen molar-refractivity contribution in [3.8, 4) is 11.1 Å². The summed E-state index contributed by atoms with van der Waals surface area (Å²) in [6, 6.07) is 14.1. The van der Waals surface area contributed by atoms with Gasteiger partial charge >= 0.3 is 0 Å². The Bertz CT molecular complexity index is 1430. The van der Waals surface area contributed by atoms with Crippen molar-refractivity contribution in [3.63, 3.8) is 0 Å². The zero-order valence-electron chi connectivity index (χ0n) is 15.0. The minimum atomic E-state index is -3.74. The predicted molar refractivity (Wildman–Crippen MR) is 108 cm³/mol. The molecule has 28 heavy (non-hydrogen) atoms. The second-order valence-corrected chi connectivity index (χ2v) is 8.39. The Hall–Kier alpha value is -3.45. The lowest BCUT2D eigenvalue weighted by atomic mass is 10.1. The molecule has 0 spiro atoms. The Morgan fingerprint density at radius 3 is 2.46 bits per heavy atom. The largest absolute Gasteiger partial charge is 0.335 e. The molecule has 0 aliphatic heterocycles. The van der Waals surface area contributed by atoms with Gasteiger partial charge in [-0.05, 0) is 30.3 Å². The number of fused-ring (bicyclic) bond motifs is 2. The minimum absolute atomic E-state index is 0.238. The summed E-state index contributed by atoms with van der Waals surface area (Å²) in [6.07, 6.45) is 8.67. The van der Waals surface area contributed by atoms with Crippen LogP contribution < -0.4 is 0 Å². The zero-order chi connectivity index (χ0) is 19.3. The predicted octanol–water partition coefficient (Wildman–Crippen LogP) is 3.83. The molecule has 7 heteroatoms. The molecule has 0 saturated carbocycles. The van der Waals surface area contributed by atoms with Crippen LogP contribution in [0.5, 0.6) is 0 Å². The van der Waals surface area contributed by atoms with Crippen LogP contribution in [-0.4, -0.2) is 26.9 Å². The van der Waals surface area contributed by atoms with E-state index in [1.807, 2.05) is 36.0 Å². The van der Waals surface area contributed by atoms with Gasteiger partial charge in [-0.1, -0.05) is 18.2 Å². The van der Waals surface area contributed by atoms with E-state index in [4.69, 9.17) is 0 Å². The van der Waals surface area contributed by atoms with Gasteiger partial charge in [-0.15, -0.1) is 0 Å². The van der Waals surface area contributed by atoms with Gasteiger partial charge < -0.3 is 4.57 Å². The van der Waals surface area contributed by atoms with Crippen LogP contribution in [-0.2, 0) is 17.1 Å². The third kappa shape index (κ3) is 2.36. The average molecular weight is 388 g/mol. The third-order valence-corrected chi connectivity index (χ3v) is 6.59. The number of hydrogen-bond donors (Lipinski definition) is 0. The van der Waals surface area contributed by atoms with Crippen LogP contribution >= 0.6 is 0 Å². The summed E-state index contributed by atoms with van der Waals surface area (Å²) >= 11 is 0. The fourth-order valence-corrected chi connectivity index (χ4v) is 4.97. The fourth-order valence-electron chi connectivity index (χ4n) is 3.59. The van der Waals surface area contributed by atoms with Gasteiger partial charge in [0.2, 0.25) is 0 Å². The van der Waals surface area contributed by atoms with E-state index in [0.717, 1.165) is 27.5 Å². The van der Waals surface area contributed by atoms with Gasteiger partial charge in [0.1, 0.15) is 5.65 Å². The zero-order valence-corrected chi connectivity index (χ0v) is 15.8. The van der Waals surface area contributed by atoms with Gasteiger partial charge in [-0.3, -0.25) is 4.98 Å². The SMILES string of the molecule is Cn1cc(-c2cn(S(=O)(=O)c3ccccc3)c3cnccc23)c2cccnc21. The van der Waals surface area contributed by atoms with Crippen molar-refractivity contribution in [2.45, 2.75) is 4.90 Å². The summed E-state index contributed by atoms with van der Waals surface area (Å²) in [7, 11) is -1.81. The van der Waals surface area contributed by atoms with Crippen LogP contribution in [0.15, 0.2) is 84.4 Å². The first-order valence-electron chi connectivity index (χ1n) is 8.73. The second-order valence-electron chi connectivity index (χ2n) is 6.58. The van der Waals surface area contributed by atoms with Gasteiger partial charge in [0, 0.05) is 53.7 Å². The van der Waals surface area contributed by atoms with Gasteiger partial charge in [0.25, 0.3) is 10.0 Å². The number of rotatable bonds is 3. The fraction of sp³-hybridized carbons (Fsp3) is 0.0476. The van der Waals surface area contributed by atoms with E-state index in [2.05, 4.69) is 9.97 Å². The van der Waals surface area contributed by atoms with E-state index < -0.39 is 10.0 Å². The van der Waals surface area contributed by atoms with Crippen molar-refractivity contribution >= 4 is 32.0 Å². The highest BCUT2D eigenvalue weighted by Crippen LogP contribution is 2.36. The molecule has 138 valence electrons. The molecule has 0 amide bonds. The normalized spacial score (nSPS) is 12.0. The first-order chi connectivity index (χ1) is 13.6. The van der Waals surface area contributed by atoms with Crippen molar-refractivity contribution in [1.82, 2.24) is 18.5 Å². The number of nitrogens with zero attached hydrogens (tertiary/aromatic N) is 4. The van der Waals surface area contributed by atoms with Crippen molar-refractivity contribution in [1.29, 1.82) is 0 Å². The van der Waals surface area contributed by atoms with Crippen LogP contribution in [0, 0.1) is 0 Å². The van der Waals surface area contributed by atoms with E-state index in [0.29, 0.717) is 5.52 Å². The van der Waals surface area contributed by atoms with Crippen LogP contribution in [0.1, 0.15) is 0 Å². The van der Waals surface area contributed by atoms with E-state index in [1.165, 1.54) is 3.97 Å². The van der Waals surface area contributed by atoms with Crippen molar-refractivity contribution in [2.24, 2.45) is 7.05 Å². The van der Waals surface area contributed by atoms with Gasteiger partial charge in [-0.25, -0.2) is 17.4 Å². The number of aryl methyl sites for hydroxylation is 1. The molecule has 5 aromatic rings. The Kier molecular flexibility index (Phi) is 3.60. The van der Waals surface area contributed by atoms with Gasteiger partial charge in [-0.2, -0.15) is 0 Å². The van der Waals surface area contributed by atoms with Gasteiger partial charge in [0.15, 0.2) is 0 Å². The summed E-state index contributed by atoms with van der Waals surface area (Å²) in [5.74, 6) is 0. The molecule has 0 aliphatic carbocycles. The Morgan fingerprint density at radius 2 is 1.64 bits per heavy atom. The molecule has 4 heterocycles. The standard InChI is InChI=1S/C21H16N4O2S/c1-24-13-18(17-8-5-10-23-21(17)24)19-14-25(20-12-22-11-9-16(19)20)28(26,27)15-6-3-2-4-7-15/h2-14H,1H3. The molecule has 6 nitrogen and oxygen atoms in total. The topological polar surface area (TPSA) is 69.8 Å². The Balaban J connectivity index is 1.84. The monoisotopic (exact) mass is 388 g/mol. The third-order valence-electron chi connectivity index (χ3n) is 4.90. The molecule has 0 aliphatic rings. The minimum Gasteiger partial charge on any atom is -0.335 e. The molecule has 0 saturated heterocycles. The number of benzene rings is 1. The summed E-state index contributed by atoms with van der Waals surface area (Å²) in [6.45, 7) is 0. The maximum absolute atomic E-state index is 13.3. The Morgan fingerprint density at radius 1 is 0.857 bits per heavy atom. The molecule has 0 N–H and O–H groups in total. The number of pyridine rings is 2. The van der Waals surface area contributed by atoms with Crippen LogP contribution in [0.25, 0.3) is 33.1 Å². The van der Waals surface area contributed by atoms with E-state index in [-0.39, 0.29) is 4.90 Å². The van der Waals surface area contributed by atoms with Crippen molar-refractivity contribution in [2.75, 3.05) is 0 Å². The first-order valence-corrected chi connectivity index (χ1v) is 10.2. The molecule has 4 aromatic heterocycles. The number of hydrogen-bond acceptors (Lipinski definition) is 4. The molecular weight excluding hydrogens is 372 g/mol. The molecule has 1 aromatic carbocycles. The molecule has 0 fully saturated rings. The maximum atomic E-state index is 13.3. The second kappa shape index (κ2) is 6.03. The molecule has 0 bridgehead atoms. The van der Waals surface area contributed by atoms with E-state index in [9.17, 15) is 8.42 Å². The molecule has 5 rings (SSSR count). The molecular formula is C21H16N4O2S. The number of aromatic nitrogens is 4. The lowest BCUT2D eigenvalue weighted by Crippen LogP contribution is -2.11. The summed E-state index contributed by atoms with van der Waals surface area (Å²) < 4.78 is 29.8. The van der Waals surface area contributed by atoms with Crippen molar-refractivity contribution < 1.29 is 8.42 Å². The average Bonchev–Trinajstić information content (AvgIpc) is 3.28. The highest BCUT2D eigenvalue weighted by Gasteiger charge is 2.23. The quantitative estimate of drug-likeness (QED) is 0.471. The summed E-state index contributed by atoms with van der Waals surface area (Å²) in [4.78, 5) is 8.83. The highest BCUT2D eigenvalue weighted by atomic mass is 32.2. The highest BCUT2D eigenvalue weighted by molar-refractivity contribution is 7.90. The van der Waals surface area contributed by atoms with Crippen LogP contribution in [0.2, 0.25) is 0 Å².